The number of aryl methyl sites for hydroxylation is 2. The van der Waals surface area contributed by atoms with E-state index >= 15 is 0 Å². The molecule has 0 aromatic heterocycles. The Balaban J connectivity index is 1.49. The molecule has 0 bridgehead atoms. The topological polar surface area (TPSA) is 87.3 Å². The third-order valence-corrected chi connectivity index (χ3v) is 6.49. The molecule has 0 unspecified atom stereocenters. The molecule has 2 aromatic carbocycles. The largest absolute Gasteiger partial charge is 0.490 e. The number of rotatable bonds is 8. The second kappa shape index (κ2) is 10.4. The summed E-state index contributed by atoms with van der Waals surface area (Å²) in [5, 5.41) is 16.0. The monoisotopic (exact) mass is 496 g/mol. The van der Waals surface area contributed by atoms with Crippen molar-refractivity contribution in [3.63, 3.8) is 0 Å². The molecule has 4 rings (SSSR count). The van der Waals surface area contributed by atoms with Crippen LogP contribution in [0.3, 0.4) is 0 Å². The highest BCUT2D eigenvalue weighted by Crippen LogP contribution is 2.31. The van der Waals surface area contributed by atoms with Crippen molar-refractivity contribution in [2.75, 3.05) is 13.2 Å². The molecule has 176 valence electrons. The van der Waals surface area contributed by atoms with E-state index in [2.05, 4.69) is 23.1 Å². The Hall–Kier alpha value is -3.10. The number of halogens is 1. The van der Waals surface area contributed by atoms with Crippen LogP contribution in [0.5, 0.6) is 11.5 Å². The van der Waals surface area contributed by atoms with Gasteiger partial charge in [-0.15, -0.1) is 0 Å². The number of fused-ring (bicyclic) bond motifs is 1. The van der Waals surface area contributed by atoms with Crippen molar-refractivity contribution in [2.24, 2.45) is 10.1 Å². The Bertz CT molecular complexity index is 1240. The third kappa shape index (κ3) is 5.34. The average molecular weight is 497 g/mol. The Morgan fingerprint density at radius 1 is 1.12 bits per heavy atom. The molecule has 0 aliphatic carbocycles. The lowest BCUT2D eigenvalue weighted by atomic mass is 10.1. The number of benzene rings is 2. The SMILES string of the molecule is CCC1=NN2C(=N)C(=Cc3cc(Cl)ccc3OCCOc3cc(C)cc(CC)c3)C(=O)N=C2S1. The molecule has 0 atom stereocenters. The molecule has 1 amide bonds. The van der Waals surface area contributed by atoms with Crippen LogP contribution in [0.4, 0.5) is 0 Å². The van der Waals surface area contributed by atoms with E-state index in [-0.39, 0.29) is 11.4 Å². The van der Waals surface area contributed by atoms with Gasteiger partial charge in [-0.1, -0.05) is 31.5 Å². The summed E-state index contributed by atoms with van der Waals surface area (Å²) in [5.41, 5.74) is 3.08. The summed E-state index contributed by atoms with van der Waals surface area (Å²) in [6.45, 7) is 6.77. The number of thioether (sulfide) groups is 1. The van der Waals surface area contributed by atoms with Crippen LogP contribution in [0.25, 0.3) is 6.08 Å². The second-order valence-corrected chi connectivity index (χ2v) is 9.23. The maximum absolute atomic E-state index is 12.7. The molecule has 2 aliphatic heterocycles. The standard InChI is InChI=1S/C25H25ClN4O3S/c1-4-16-10-15(3)11-19(12-16)32-8-9-33-21-7-6-18(26)13-17(21)14-20-23(27)30-25(28-24(20)31)34-22(5-2)29-30/h6-7,10-14,27H,4-5,8-9H2,1-3H3. The lowest BCUT2D eigenvalue weighted by molar-refractivity contribution is -0.114. The summed E-state index contributed by atoms with van der Waals surface area (Å²) in [5.74, 6) is 0.829. The molecule has 0 saturated carbocycles. The summed E-state index contributed by atoms with van der Waals surface area (Å²) < 4.78 is 11.8. The summed E-state index contributed by atoms with van der Waals surface area (Å²) in [6, 6.07) is 11.3. The second-order valence-electron chi connectivity index (χ2n) is 7.75. The van der Waals surface area contributed by atoms with Gasteiger partial charge in [0.2, 0.25) is 5.17 Å². The molecule has 2 heterocycles. The number of amides is 1. The van der Waals surface area contributed by atoms with E-state index in [1.54, 1.807) is 24.3 Å². The quantitative estimate of drug-likeness (QED) is 0.374. The predicted molar refractivity (Wildman–Crippen MR) is 138 cm³/mol. The fourth-order valence-corrected chi connectivity index (χ4v) is 4.52. The molecule has 34 heavy (non-hydrogen) atoms. The highest BCUT2D eigenvalue weighted by molar-refractivity contribution is 8.26. The minimum absolute atomic E-state index is 0.0219. The van der Waals surface area contributed by atoms with Gasteiger partial charge < -0.3 is 9.47 Å². The zero-order valence-electron chi connectivity index (χ0n) is 19.2. The van der Waals surface area contributed by atoms with Gasteiger partial charge >= 0.3 is 0 Å². The molecule has 1 N–H and O–H groups in total. The normalized spacial score (nSPS) is 16.5. The van der Waals surface area contributed by atoms with Gasteiger partial charge in [0.05, 0.1) is 5.57 Å². The Labute approximate surface area is 208 Å². The van der Waals surface area contributed by atoms with Crippen molar-refractivity contribution >= 4 is 51.4 Å². The number of carbonyl (C=O) groups is 1. The lowest BCUT2D eigenvalue weighted by Gasteiger charge is -2.20. The van der Waals surface area contributed by atoms with Gasteiger partial charge in [-0.2, -0.15) is 15.1 Å². The number of ether oxygens (including phenoxy) is 2. The van der Waals surface area contributed by atoms with Crippen molar-refractivity contribution in [3.8, 4) is 11.5 Å². The van der Waals surface area contributed by atoms with Crippen molar-refractivity contribution in [1.29, 1.82) is 5.41 Å². The van der Waals surface area contributed by atoms with Crippen molar-refractivity contribution in [1.82, 2.24) is 5.01 Å². The molecule has 0 saturated heterocycles. The number of nitrogens with one attached hydrogen (secondary N) is 1. The third-order valence-electron chi connectivity index (χ3n) is 5.20. The molecule has 2 aromatic rings. The smallest absolute Gasteiger partial charge is 0.283 e. The molecule has 0 radical (unpaired) electrons. The van der Waals surface area contributed by atoms with Crippen molar-refractivity contribution < 1.29 is 14.3 Å². The summed E-state index contributed by atoms with van der Waals surface area (Å²) in [4.78, 5) is 16.8. The number of nitrogens with zero attached hydrogens (tertiary/aromatic N) is 3. The van der Waals surface area contributed by atoms with Crippen molar-refractivity contribution in [3.05, 3.63) is 63.7 Å². The van der Waals surface area contributed by atoms with Crippen LogP contribution in [0.1, 0.15) is 37.0 Å². The minimum atomic E-state index is -0.489. The fourth-order valence-electron chi connectivity index (χ4n) is 3.52. The molecule has 7 nitrogen and oxygen atoms in total. The first-order chi connectivity index (χ1) is 16.4. The zero-order valence-corrected chi connectivity index (χ0v) is 20.8. The van der Waals surface area contributed by atoms with Gasteiger partial charge in [-0.05, 0) is 79.1 Å². The van der Waals surface area contributed by atoms with Gasteiger partial charge in [0.25, 0.3) is 5.91 Å². The van der Waals surface area contributed by atoms with Crippen LogP contribution in [-0.2, 0) is 11.2 Å². The first-order valence-corrected chi connectivity index (χ1v) is 12.2. The highest BCUT2D eigenvalue weighted by Gasteiger charge is 2.35. The van der Waals surface area contributed by atoms with Gasteiger partial charge in [-0.25, -0.2) is 0 Å². The van der Waals surface area contributed by atoms with E-state index in [9.17, 15) is 4.79 Å². The van der Waals surface area contributed by atoms with Gasteiger partial charge in [0.1, 0.15) is 29.8 Å². The molecule has 2 aliphatic rings. The number of hydrazone groups is 1. The van der Waals surface area contributed by atoms with Crippen LogP contribution in [0.15, 0.2) is 52.1 Å². The van der Waals surface area contributed by atoms with E-state index in [1.807, 2.05) is 26.0 Å². The van der Waals surface area contributed by atoms with Gasteiger partial charge in [-0.3, -0.25) is 10.2 Å². The lowest BCUT2D eigenvalue weighted by Crippen LogP contribution is -2.35. The van der Waals surface area contributed by atoms with E-state index in [0.29, 0.717) is 41.1 Å². The number of aliphatic imine (C=N–C) groups is 1. The average Bonchev–Trinajstić information content (AvgIpc) is 3.23. The number of hydrogen-bond donors (Lipinski definition) is 1. The number of amidine groups is 2. The predicted octanol–water partition coefficient (Wildman–Crippen LogP) is 5.70. The summed E-state index contributed by atoms with van der Waals surface area (Å²) >= 11 is 7.52. The van der Waals surface area contributed by atoms with E-state index in [0.717, 1.165) is 22.8 Å². The fraction of sp³-hybridized carbons (Fsp3) is 0.280. The minimum Gasteiger partial charge on any atom is -0.490 e. The zero-order chi connectivity index (χ0) is 24.2. The van der Waals surface area contributed by atoms with Crippen LogP contribution in [0.2, 0.25) is 5.02 Å². The molecule has 0 spiro atoms. The Morgan fingerprint density at radius 3 is 2.68 bits per heavy atom. The van der Waals surface area contributed by atoms with Crippen LogP contribution in [-0.4, -0.2) is 40.2 Å². The van der Waals surface area contributed by atoms with Crippen molar-refractivity contribution in [2.45, 2.75) is 33.6 Å². The number of hydrogen-bond acceptors (Lipinski definition) is 6. The van der Waals surface area contributed by atoms with Crippen LogP contribution >= 0.6 is 23.4 Å². The van der Waals surface area contributed by atoms with E-state index in [4.69, 9.17) is 26.5 Å². The van der Waals surface area contributed by atoms with E-state index in [1.165, 1.54) is 22.3 Å². The first-order valence-electron chi connectivity index (χ1n) is 11.0. The highest BCUT2D eigenvalue weighted by atomic mass is 35.5. The number of carbonyl (C=O) groups excluding carboxylic acids is 1. The maximum atomic E-state index is 12.7. The summed E-state index contributed by atoms with van der Waals surface area (Å²) in [7, 11) is 0. The first kappa shape index (κ1) is 24.0. The van der Waals surface area contributed by atoms with Crippen LogP contribution < -0.4 is 9.47 Å². The maximum Gasteiger partial charge on any atom is 0.283 e. The Kier molecular flexibility index (Phi) is 7.38. The molecular weight excluding hydrogens is 472 g/mol. The van der Waals surface area contributed by atoms with Crippen LogP contribution in [0, 0.1) is 12.3 Å². The molecular formula is C25H25ClN4O3S. The Morgan fingerprint density at radius 2 is 1.91 bits per heavy atom. The molecule has 9 heteroatoms. The van der Waals surface area contributed by atoms with E-state index < -0.39 is 5.91 Å². The van der Waals surface area contributed by atoms with Gasteiger partial charge in [0, 0.05) is 10.6 Å². The summed E-state index contributed by atoms with van der Waals surface area (Å²) in [6.07, 6.45) is 3.22. The molecule has 0 fully saturated rings. The van der Waals surface area contributed by atoms with Gasteiger partial charge in [0.15, 0.2) is 5.84 Å².